The number of rotatable bonds is 5. The molecule has 2 rings (SSSR count). The number of anilines is 1. The average Bonchev–Trinajstić information content (AvgIpc) is 2.41. The van der Waals surface area contributed by atoms with Crippen LogP contribution in [0.3, 0.4) is 0 Å². The summed E-state index contributed by atoms with van der Waals surface area (Å²) in [4.78, 5) is 2.22. The van der Waals surface area contributed by atoms with Crippen molar-refractivity contribution >= 4 is 17.3 Å². The van der Waals surface area contributed by atoms with Crippen LogP contribution in [0.2, 0.25) is 5.02 Å². The van der Waals surface area contributed by atoms with Crippen LogP contribution in [0.15, 0.2) is 48.5 Å². The highest BCUT2D eigenvalue weighted by Gasteiger charge is 2.09. The Morgan fingerprint density at radius 2 is 1.74 bits per heavy atom. The van der Waals surface area contributed by atoms with Crippen molar-refractivity contribution in [3.8, 4) is 0 Å². The van der Waals surface area contributed by atoms with Crippen LogP contribution in [-0.4, -0.2) is 13.1 Å². The molecule has 3 heteroatoms. The number of nitrogens with zero attached hydrogens (tertiary/aromatic N) is 1. The Hall–Kier alpha value is -1.51. The number of nitrogens with two attached hydrogens (primary N) is 1. The number of hydrogen-bond acceptors (Lipinski definition) is 2. The van der Waals surface area contributed by atoms with Gasteiger partial charge >= 0.3 is 0 Å². The molecule has 0 atom stereocenters. The molecular weight excluding hydrogens is 256 g/mol. The minimum absolute atomic E-state index is 0.608. The molecule has 0 spiro atoms. The molecule has 0 heterocycles. The van der Waals surface area contributed by atoms with Gasteiger partial charge in [0.25, 0.3) is 0 Å². The Balaban J connectivity index is 2.21. The lowest BCUT2D eigenvalue weighted by molar-refractivity contribution is 0.790. The molecule has 0 unspecified atom stereocenters. The van der Waals surface area contributed by atoms with Crippen LogP contribution in [-0.2, 0) is 6.54 Å². The van der Waals surface area contributed by atoms with Gasteiger partial charge in [-0.25, -0.2) is 0 Å². The fourth-order valence-corrected chi connectivity index (χ4v) is 2.32. The van der Waals surface area contributed by atoms with Crippen molar-refractivity contribution in [2.45, 2.75) is 13.5 Å². The normalized spacial score (nSPS) is 10.5. The molecule has 100 valence electrons. The van der Waals surface area contributed by atoms with E-state index in [4.69, 9.17) is 17.3 Å². The summed E-state index contributed by atoms with van der Waals surface area (Å²) in [6.45, 7) is 4.31. The average molecular weight is 275 g/mol. The maximum atomic E-state index is 6.26. The number of benzene rings is 2. The zero-order valence-electron chi connectivity index (χ0n) is 11.1. The lowest BCUT2D eigenvalue weighted by Gasteiger charge is -2.25. The topological polar surface area (TPSA) is 29.3 Å². The molecule has 0 fully saturated rings. The number of hydrogen-bond donors (Lipinski definition) is 1. The van der Waals surface area contributed by atoms with E-state index in [1.165, 1.54) is 11.1 Å². The van der Waals surface area contributed by atoms with E-state index in [1.807, 2.05) is 24.3 Å². The molecule has 0 aliphatic carbocycles. The number of halogens is 1. The summed E-state index contributed by atoms with van der Waals surface area (Å²) in [7, 11) is 0. The van der Waals surface area contributed by atoms with Crippen LogP contribution in [0.5, 0.6) is 0 Å². The third-order valence-electron chi connectivity index (χ3n) is 3.09. The van der Waals surface area contributed by atoms with Gasteiger partial charge in [0.2, 0.25) is 0 Å². The molecule has 0 bridgehead atoms. The molecule has 0 radical (unpaired) electrons. The lowest BCUT2D eigenvalue weighted by atomic mass is 10.1. The molecule has 0 aliphatic rings. The molecule has 2 aromatic carbocycles. The van der Waals surface area contributed by atoms with Crippen molar-refractivity contribution in [2.75, 3.05) is 18.0 Å². The maximum absolute atomic E-state index is 6.26. The van der Waals surface area contributed by atoms with Crippen LogP contribution in [0.25, 0.3) is 0 Å². The summed E-state index contributed by atoms with van der Waals surface area (Å²) in [6.07, 6.45) is 0. The molecule has 2 N–H and O–H groups in total. The molecule has 0 saturated carbocycles. The zero-order chi connectivity index (χ0) is 13.7. The second-order valence-electron chi connectivity index (χ2n) is 4.65. The van der Waals surface area contributed by atoms with E-state index in [-0.39, 0.29) is 0 Å². The van der Waals surface area contributed by atoms with Crippen LogP contribution in [0.1, 0.15) is 11.1 Å². The van der Waals surface area contributed by atoms with E-state index in [0.29, 0.717) is 6.54 Å². The fourth-order valence-electron chi connectivity index (χ4n) is 2.06. The number of para-hydroxylation sites is 1. The molecule has 0 aliphatic heterocycles. The second kappa shape index (κ2) is 6.60. The van der Waals surface area contributed by atoms with Crippen LogP contribution >= 0.6 is 11.6 Å². The van der Waals surface area contributed by atoms with E-state index in [0.717, 1.165) is 23.8 Å². The molecule has 0 amide bonds. The molecular formula is C16H19ClN2. The predicted octanol–water partition coefficient (Wildman–Crippen LogP) is 3.61. The molecule has 2 nitrogen and oxygen atoms in total. The highest BCUT2D eigenvalue weighted by Crippen LogP contribution is 2.26. The Morgan fingerprint density at radius 3 is 2.37 bits per heavy atom. The molecule has 2 aromatic rings. The third-order valence-corrected chi connectivity index (χ3v) is 3.41. The van der Waals surface area contributed by atoms with E-state index in [9.17, 15) is 0 Å². The minimum Gasteiger partial charge on any atom is -0.365 e. The monoisotopic (exact) mass is 274 g/mol. The van der Waals surface area contributed by atoms with E-state index in [2.05, 4.69) is 36.1 Å². The fraction of sp³-hybridized carbons (Fsp3) is 0.250. The summed E-state index contributed by atoms with van der Waals surface area (Å²) in [5, 5.41) is 0.767. The van der Waals surface area contributed by atoms with Gasteiger partial charge in [0, 0.05) is 19.6 Å². The van der Waals surface area contributed by atoms with Gasteiger partial charge in [-0.3, -0.25) is 0 Å². The van der Waals surface area contributed by atoms with Crippen molar-refractivity contribution in [3.63, 3.8) is 0 Å². The van der Waals surface area contributed by atoms with Crippen molar-refractivity contribution in [1.29, 1.82) is 0 Å². The first-order chi connectivity index (χ1) is 9.20. The Kier molecular flexibility index (Phi) is 4.83. The first-order valence-corrected chi connectivity index (χ1v) is 6.83. The Morgan fingerprint density at radius 1 is 1.05 bits per heavy atom. The Labute approximate surface area is 119 Å². The smallest absolute Gasteiger partial charge is 0.0639 e. The third kappa shape index (κ3) is 3.72. The van der Waals surface area contributed by atoms with Crippen molar-refractivity contribution in [3.05, 3.63) is 64.7 Å². The largest absolute Gasteiger partial charge is 0.365 e. The van der Waals surface area contributed by atoms with Crippen LogP contribution < -0.4 is 10.6 Å². The van der Waals surface area contributed by atoms with Crippen LogP contribution in [0.4, 0.5) is 5.69 Å². The van der Waals surface area contributed by atoms with Crippen molar-refractivity contribution in [2.24, 2.45) is 5.73 Å². The van der Waals surface area contributed by atoms with Gasteiger partial charge < -0.3 is 10.6 Å². The Bertz CT molecular complexity index is 523. The van der Waals surface area contributed by atoms with Gasteiger partial charge in [0.15, 0.2) is 0 Å². The van der Waals surface area contributed by atoms with Gasteiger partial charge in [-0.05, 0) is 24.6 Å². The highest BCUT2D eigenvalue weighted by atomic mass is 35.5. The van der Waals surface area contributed by atoms with Crippen molar-refractivity contribution < 1.29 is 0 Å². The van der Waals surface area contributed by atoms with E-state index in [1.54, 1.807) is 0 Å². The summed E-state index contributed by atoms with van der Waals surface area (Å²) < 4.78 is 0. The summed E-state index contributed by atoms with van der Waals surface area (Å²) in [5.41, 5.74) is 9.28. The van der Waals surface area contributed by atoms with E-state index < -0.39 is 0 Å². The highest BCUT2D eigenvalue weighted by molar-refractivity contribution is 6.33. The standard InChI is InChI=1S/C16H19ClN2/c1-13-6-8-14(9-7-13)12-19(11-10-18)16-5-3-2-4-15(16)17/h2-9H,10-12,18H2,1H3. The van der Waals surface area contributed by atoms with Gasteiger partial charge in [-0.1, -0.05) is 53.6 Å². The second-order valence-corrected chi connectivity index (χ2v) is 5.05. The molecule has 0 aromatic heterocycles. The molecule has 0 saturated heterocycles. The van der Waals surface area contributed by atoms with Crippen molar-refractivity contribution in [1.82, 2.24) is 0 Å². The maximum Gasteiger partial charge on any atom is 0.0639 e. The van der Waals surface area contributed by atoms with Gasteiger partial charge in [-0.2, -0.15) is 0 Å². The summed E-state index contributed by atoms with van der Waals surface area (Å²) in [6, 6.07) is 16.4. The van der Waals surface area contributed by atoms with Gasteiger partial charge in [-0.15, -0.1) is 0 Å². The zero-order valence-corrected chi connectivity index (χ0v) is 11.9. The van der Waals surface area contributed by atoms with Gasteiger partial charge in [0.05, 0.1) is 10.7 Å². The van der Waals surface area contributed by atoms with E-state index >= 15 is 0 Å². The quantitative estimate of drug-likeness (QED) is 0.902. The SMILES string of the molecule is Cc1ccc(CN(CCN)c2ccccc2Cl)cc1. The summed E-state index contributed by atoms with van der Waals surface area (Å²) >= 11 is 6.26. The van der Waals surface area contributed by atoms with Gasteiger partial charge in [0.1, 0.15) is 0 Å². The minimum atomic E-state index is 0.608. The summed E-state index contributed by atoms with van der Waals surface area (Å²) in [5.74, 6) is 0. The first kappa shape index (κ1) is 13.9. The molecule has 19 heavy (non-hydrogen) atoms. The lowest BCUT2D eigenvalue weighted by Crippen LogP contribution is -2.29. The predicted molar refractivity (Wildman–Crippen MR) is 82.7 cm³/mol. The van der Waals surface area contributed by atoms with Crippen LogP contribution in [0, 0.1) is 6.92 Å². The first-order valence-electron chi connectivity index (χ1n) is 6.46. The number of aryl methyl sites for hydroxylation is 1.